The predicted octanol–water partition coefficient (Wildman–Crippen LogP) is 2.86. The van der Waals surface area contributed by atoms with Gasteiger partial charge in [-0.3, -0.25) is 4.79 Å². The molecule has 1 aromatic rings. The first-order valence-corrected chi connectivity index (χ1v) is 7.63. The number of nitrogens with two attached hydrogens (primary N) is 1. The third-order valence-electron chi connectivity index (χ3n) is 3.40. The van der Waals surface area contributed by atoms with Crippen molar-refractivity contribution in [1.82, 2.24) is 5.32 Å². The number of unbranched alkanes of at least 4 members (excludes halogenated alkanes) is 1. The van der Waals surface area contributed by atoms with Gasteiger partial charge in [0, 0.05) is 17.7 Å². The fraction of sp³-hybridized carbons (Fsp3) is 0.500. The van der Waals surface area contributed by atoms with Crippen LogP contribution in [-0.4, -0.2) is 19.0 Å². The van der Waals surface area contributed by atoms with Crippen molar-refractivity contribution < 1.29 is 4.79 Å². The lowest BCUT2D eigenvalue weighted by atomic mass is 10.0. The fourth-order valence-electron chi connectivity index (χ4n) is 2.14. The van der Waals surface area contributed by atoms with E-state index in [2.05, 4.69) is 31.0 Å². The predicted molar refractivity (Wildman–Crippen MR) is 88.1 cm³/mol. The third-order valence-corrected chi connectivity index (χ3v) is 3.40. The van der Waals surface area contributed by atoms with E-state index in [1.54, 1.807) is 0 Å². The van der Waals surface area contributed by atoms with Gasteiger partial charge in [0.1, 0.15) is 0 Å². The molecule has 0 heterocycles. The smallest absolute Gasteiger partial charge is 0.251 e. The van der Waals surface area contributed by atoms with Crippen molar-refractivity contribution in [2.45, 2.75) is 40.0 Å². The normalized spacial score (nSPS) is 10.1. The Morgan fingerprint density at radius 2 is 2.10 bits per heavy atom. The fourth-order valence-corrected chi connectivity index (χ4v) is 2.14. The molecule has 0 saturated carbocycles. The summed E-state index contributed by atoms with van der Waals surface area (Å²) in [6.45, 7) is 7.41. The number of hydrogen-bond donors (Lipinski definition) is 2. The summed E-state index contributed by atoms with van der Waals surface area (Å²) in [5, 5.41) is 2.99. The molecule has 0 bridgehead atoms. The number of rotatable bonds is 6. The van der Waals surface area contributed by atoms with Gasteiger partial charge in [0.15, 0.2) is 0 Å². The second-order valence-electron chi connectivity index (χ2n) is 5.63. The molecule has 1 amide bonds. The monoisotopic (exact) mass is 286 g/mol. The Labute approximate surface area is 128 Å². The van der Waals surface area contributed by atoms with Crippen LogP contribution in [-0.2, 0) is 0 Å². The Hall–Kier alpha value is -1.79. The van der Waals surface area contributed by atoms with E-state index in [9.17, 15) is 4.79 Å². The van der Waals surface area contributed by atoms with Gasteiger partial charge in [-0.1, -0.05) is 44.6 Å². The molecule has 3 heteroatoms. The quantitative estimate of drug-likeness (QED) is 0.624. The highest BCUT2D eigenvalue weighted by atomic mass is 16.1. The number of amides is 1. The van der Waals surface area contributed by atoms with E-state index in [0.717, 1.165) is 36.4 Å². The molecule has 0 atom stereocenters. The lowest BCUT2D eigenvalue weighted by Gasteiger charge is -2.09. The van der Waals surface area contributed by atoms with Gasteiger partial charge < -0.3 is 11.1 Å². The van der Waals surface area contributed by atoms with E-state index < -0.39 is 0 Å². The SMILES string of the molecule is Cc1c(C#CCN)cccc1C(=O)NCCCCC(C)C. The summed E-state index contributed by atoms with van der Waals surface area (Å²) in [4.78, 5) is 12.2. The first kappa shape index (κ1) is 17.3. The summed E-state index contributed by atoms with van der Waals surface area (Å²) in [7, 11) is 0. The van der Waals surface area contributed by atoms with Crippen LogP contribution in [0.5, 0.6) is 0 Å². The van der Waals surface area contributed by atoms with E-state index in [4.69, 9.17) is 5.73 Å². The maximum Gasteiger partial charge on any atom is 0.251 e. The first-order valence-electron chi connectivity index (χ1n) is 7.63. The van der Waals surface area contributed by atoms with Crippen molar-refractivity contribution in [3.05, 3.63) is 34.9 Å². The zero-order chi connectivity index (χ0) is 15.7. The largest absolute Gasteiger partial charge is 0.352 e. The van der Waals surface area contributed by atoms with Crippen LogP contribution in [0, 0.1) is 24.7 Å². The van der Waals surface area contributed by atoms with Crippen molar-refractivity contribution in [2.75, 3.05) is 13.1 Å². The van der Waals surface area contributed by atoms with Crippen molar-refractivity contribution in [1.29, 1.82) is 0 Å². The van der Waals surface area contributed by atoms with Crippen LogP contribution in [0.2, 0.25) is 0 Å². The van der Waals surface area contributed by atoms with Gasteiger partial charge in [-0.15, -0.1) is 0 Å². The topological polar surface area (TPSA) is 55.1 Å². The second-order valence-corrected chi connectivity index (χ2v) is 5.63. The lowest BCUT2D eigenvalue weighted by Crippen LogP contribution is -2.25. The number of nitrogens with one attached hydrogen (secondary N) is 1. The van der Waals surface area contributed by atoms with E-state index in [-0.39, 0.29) is 5.91 Å². The Morgan fingerprint density at radius 1 is 1.33 bits per heavy atom. The zero-order valence-corrected chi connectivity index (χ0v) is 13.3. The molecule has 0 unspecified atom stereocenters. The number of hydrogen-bond acceptors (Lipinski definition) is 2. The molecule has 0 aliphatic rings. The summed E-state index contributed by atoms with van der Waals surface area (Å²) in [6, 6.07) is 5.62. The summed E-state index contributed by atoms with van der Waals surface area (Å²) in [6.07, 6.45) is 3.38. The van der Waals surface area contributed by atoms with E-state index in [0.29, 0.717) is 12.1 Å². The minimum Gasteiger partial charge on any atom is -0.352 e. The van der Waals surface area contributed by atoms with Gasteiger partial charge in [0.05, 0.1) is 6.54 Å². The Kier molecular flexibility index (Phi) is 7.56. The molecule has 0 spiro atoms. The average Bonchev–Trinajstić information content (AvgIpc) is 2.45. The Bertz CT molecular complexity index is 524. The molecule has 3 nitrogen and oxygen atoms in total. The lowest BCUT2D eigenvalue weighted by molar-refractivity contribution is 0.0952. The average molecular weight is 286 g/mol. The molecule has 1 rings (SSSR count). The third kappa shape index (κ3) is 6.01. The molecular weight excluding hydrogens is 260 g/mol. The Morgan fingerprint density at radius 3 is 2.76 bits per heavy atom. The minimum absolute atomic E-state index is 0.0200. The van der Waals surface area contributed by atoms with Gasteiger partial charge in [0.2, 0.25) is 0 Å². The van der Waals surface area contributed by atoms with Crippen LogP contribution < -0.4 is 11.1 Å². The highest BCUT2D eigenvalue weighted by Crippen LogP contribution is 2.13. The molecule has 0 radical (unpaired) electrons. The molecule has 0 aliphatic carbocycles. The highest BCUT2D eigenvalue weighted by molar-refractivity contribution is 5.96. The highest BCUT2D eigenvalue weighted by Gasteiger charge is 2.10. The summed E-state index contributed by atoms with van der Waals surface area (Å²) < 4.78 is 0. The van der Waals surface area contributed by atoms with Gasteiger partial charge in [-0.2, -0.15) is 0 Å². The van der Waals surface area contributed by atoms with Crippen molar-refractivity contribution in [3.8, 4) is 11.8 Å². The molecule has 1 aromatic carbocycles. The maximum absolute atomic E-state index is 12.2. The molecule has 0 fully saturated rings. The molecule has 114 valence electrons. The van der Waals surface area contributed by atoms with Crippen LogP contribution in [0.15, 0.2) is 18.2 Å². The summed E-state index contributed by atoms with van der Waals surface area (Å²) in [5.41, 5.74) is 7.87. The van der Waals surface area contributed by atoms with Crippen molar-refractivity contribution >= 4 is 5.91 Å². The molecule has 0 saturated heterocycles. The van der Waals surface area contributed by atoms with E-state index >= 15 is 0 Å². The van der Waals surface area contributed by atoms with Gasteiger partial charge in [-0.05, 0) is 37.0 Å². The first-order chi connectivity index (χ1) is 10.1. The van der Waals surface area contributed by atoms with Crippen LogP contribution >= 0.6 is 0 Å². The minimum atomic E-state index is -0.0200. The second kappa shape index (κ2) is 9.20. The van der Waals surface area contributed by atoms with Gasteiger partial charge >= 0.3 is 0 Å². The van der Waals surface area contributed by atoms with Crippen molar-refractivity contribution in [2.24, 2.45) is 11.7 Å². The maximum atomic E-state index is 12.2. The van der Waals surface area contributed by atoms with Gasteiger partial charge in [0.25, 0.3) is 5.91 Å². The molecule has 3 N–H and O–H groups in total. The number of benzene rings is 1. The zero-order valence-electron chi connectivity index (χ0n) is 13.3. The molecule has 0 aromatic heterocycles. The van der Waals surface area contributed by atoms with E-state index in [1.807, 2.05) is 25.1 Å². The molecule has 21 heavy (non-hydrogen) atoms. The van der Waals surface area contributed by atoms with Crippen molar-refractivity contribution in [3.63, 3.8) is 0 Å². The summed E-state index contributed by atoms with van der Waals surface area (Å²) >= 11 is 0. The van der Waals surface area contributed by atoms with Crippen LogP contribution in [0.4, 0.5) is 0 Å². The summed E-state index contributed by atoms with van der Waals surface area (Å²) in [5.74, 6) is 6.53. The standard InChI is InChI=1S/C18H26N2O/c1-14(2)8-4-5-13-20-18(21)17-11-6-9-16(15(17)3)10-7-12-19/h6,9,11,14H,4-5,8,12-13,19H2,1-3H3,(H,20,21). The van der Waals surface area contributed by atoms with E-state index in [1.165, 1.54) is 6.42 Å². The number of carbonyl (C=O) groups excluding carboxylic acids is 1. The molecular formula is C18H26N2O. The van der Waals surface area contributed by atoms with Crippen LogP contribution in [0.25, 0.3) is 0 Å². The number of carbonyl (C=O) groups is 1. The van der Waals surface area contributed by atoms with Crippen LogP contribution in [0.1, 0.15) is 54.6 Å². The van der Waals surface area contributed by atoms with Crippen LogP contribution in [0.3, 0.4) is 0 Å². The molecule has 0 aliphatic heterocycles. The Balaban J connectivity index is 2.58. The van der Waals surface area contributed by atoms with Gasteiger partial charge in [-0.25, -0.2) is 0 Å².